The first-order valence-corrected chi connectivity index (χ1v) is 10.5. The number of carboxylic acids is 1. The lowest BCUT2D eigenvalue weighted by atomic mass is 9.80. The van der Waals surface area contributed by atoms with E-state index in [-0.39, 0.29) is 11.9 Å². The van der Waals surface area contributed by atoms with Crippen LogP contribution in [0.2, 0.25) is 0 Å². The van der Waals surface area contributed by atoms with Crippen molar-refractivity contribution in [2.24, 2.45) is 5.92 Å². The number of quaternary nitrogens is 1. The summed E-state index contributed by atoms with van der Waals surface area (Å²) in [6, 6.07) is 27.2. The Labute approximate surface area is 182 Å². The molecule has 0 aromatic heterocycles. The predicted octanol–water partition coefficient (Wildman–Crippen LogP) is 4.47. The number of carbonyl (C=O) groups excluding carboxylic acids is 1. The summed E-state index contributed by atoms with van der Waals surface area (Å²) in [4.78, 5) is 23.7. The van der Waals surface area contributed by atoms with Gasteiger partial charge in [0.2, 0.25) is 0 Å². The number of rotatable bonds is 8. The standard InChI is InChI=1S/C26H25NO4/c1-19(28)31-23-14-12-22(13-15-23)27(16-17-27)18-24(26(29)30)25(20-8-4-2-5-9-20)21-10-6-3-7-11-21/h2-15,24-25H,16-18H2,1H3/p+1. The normalized spacial score (nSPS) is 15.3. The van der Waals surface area contributed by atoms with Crippen molar-refractivity contribution in [1.82, 2.24) is 4.48 Å². The van der Waals surface area contributed by atoms with Gasteiger partial charge in [-0.05, 0) is 23.3 Å². The van der Waals surface area contributed by atoms with Gasteiger partial charge in [0.15, 0.2) is 0 Å². The second-order valence-corrected chi connectivity index (χ2v) is 8.11. The number of nitrogens with zero attached hydrogens (tertiary/aromatic N) is 1. The molecule has 5 heteroatoms. The van der Waals surface area contributed by atoms with Crippen LogP contribution in [0.5, 0.6) is 5.75 Å². The molecule has 1 saturated heterocycles. The second-order valence-electron chi connectivity index (χ2n) is 8.11. The minimum Gasteiger partial charge on any atom is -0.481 e. The lowest BCUT2D eigenvalue weighted by molar-refractivity contribution is -0.142. The fraction of sp³-hybridized carbons (Fsp3) is 0.231. The zero-order valence-corrected chi connectivity index (χ0v) is 17.5. The molecule has 3 aromatic rings. The van der Waals surface area contributed by atoms with Crippen LogP contribution in [0.25, 0.3) is 0 Å². The van der Waals surface area contributed by atoms with Gasteiger partial charge in [-0.1, -0.05) is 60.7 Å². The number of carboxylic acid groups (broad SMARTS) is 1. The van der Waals surface area contributed by atoms with E-state index in [2.05, 4.69) is 0 Å². The molecule has 1 aliphatic heterocycles. The van der Waals surface area contributed by atoms with Gasteiger partial charge in [0, 0.05) is 25.0 Å². The third kappa shape index (κ3) is 4.67. The fourth-order valence-corrected chi connectivity index (χ4v) is 4.34. The predicted molar refractivity (Wildman–Crippen MR) is 120 cm³/mol. The van der Waals surface area contributed by atoms with Crippen LogP contribution in [0, 0.1) is 5.92 Å². The summed E-state index contributed by atoms with van der Waals surface area (Å²) in [5.41, 5.74) is 3.06. The molecule has 0 amide bonds. The van der Waals surface area contributed by atoms with Crippen LogP contribution in [0.15, 0.2) is 84.9 Å². The third-order valence-corrected chi connectivity index (χ3v) is 5.99. The van der Waals surface area contributed by atoms with Gasteiger partial charge in [-0.2, -0.15) is 0 Å². The van der Waals surface area contributed by atoms with E-state index in [0.29, 0.717) is 16.8 Å². The van der Waals surface area contributed by atoms with E-state index in [9.17, 15) is 14.7 Å². The van der Waals surface area contributed by atoms with Crippen molar-refractivity contribution < 1.29 is 19.4 Å². The molecule has 1 heterocycles. The molecule has 1 atom stereocenters. The molecule has 5 nitrogen and oxygen atoms in total. The number of hydrogen-bond donors (Lipinski definition) is 1. The Kier molecular flexibility index (Phi) is 5.87. The molecule has 1 fully saturated rings. The van der Waals surface area contributed by atoms with Crippen LogP contribution < -0.4 is 9.22 Å². The Morgan fingerprint density at radius 1 is 0.871 bits per heavy atom. The van der Waals surface area contributed by atoms with Crippen molar-refractivity contribution >= 4 is 17.6 Å². The zero-order valence-electron chi connectivity index (χ0n) is 17.5. The Morgan fingerprint density at radius 2 is 1.39 bits per heavy atom. The number of esters is 1. The van der Waals surface area contributed by atoms with Crippen molar-refractivity contribution in [2.45, 2.75) is 12.8 Å². The Morgan fingerprint density at radius 3 is 1.81 bits per heavy atom. The molecule has 4 rings (SSSR count). The largest absolute Gasteiger partial charge is 0.481 e. The molecule has 0 saturated carbocycles. The maximum Gasteiger partial charge on any atom is 0.313 e. The third-order valence-electron chi connectivity index (χ3n) is 5.99. The van der Waals surface area contributed by atoms with E-state index in [1.807, 2.05) is 72.8 Å². The molecule has 31 heavy (non-hydrogen) atoms. The molecule has 1 unspecified atom stereocenters. The topological polar surface area (TPSA) is 63.6 Å². The quantitative estimate of drug-likeness (QED) is 0.255. The number of aliphatic carboxylic acids is 1. The zero-order chi connectivity index (χ0) is 21.8. The Balaban J connectivity index is 1.66. The van der Waals surface area contributed by atoms with Crippen LogP contribution >= 0.6 is 0 Å². The molecule has 0 bridgehead atoms. The molecule has 1 N–H and O–H groups in total. The van der Waals surface area contributed by atoms with Crippen LogP contribution in [0.1, 0.15) is 24.0 Å². The maximum atomic E-state index is 12.5. The van der Waals surface area contributed by atoms with Gasteiger partial charge in [-0.15, -0.1) is 0 Å². The van der Waals surface area contributed by atoms with Crippen molar-refractivity contribution in [3.8, 4) is 5.75 Å². The molecule has 0 radical (unpaired) electrons. The van der Waals surface area contributed by atoms with Gasteiger partial charge in [0.25, 0.3) is 0 Å². The van der Waals surface area contributed by atoms with E-state index >= 15 is 0 Å². The van der Waals surface area contributed by atoms with Crippen molar-refractivity contribution in [1.29, 1.82) is 0 Å². The summed E-state index contributed by atoms with van der Waals surface area (Å²) in [6.45, 7) is 3.66. The first-order chi connectivity index (χ1) is 15.0. The van der Waals surface area contributed by atoms with E-state index in [4.69, 9.17) is 4.74 Å². The van der Waals surface area contributed by atoms with Crippen LogP contribution in [-0.2, 0) is 9.59 Å². The van der Waals surface area contributed by atoms with Gasteiger partial charge in [0.05, 0.1) is 6.54 Å². The minimum absolute atomic E-state index is 0.240. The number of carbonyl (C=O) groups is 2. The number of hydrogen-bond acceptors (Lipinski definition) is 3. The summed E-state index contributed by atoms with van der Waals surface area (Å²) < 4.78 is 5.75. The summed E-state index contributed by atoms with van der Waals surface area (Å²) in [7, 11) is 0. The molecule has 3 aromatic carbocycles. The summed E-state index contributed by atoms with van der Waals surface area (Å²) >= 11 is 0. The highest BCUT2D eigenvalue weighted by atomic mass is 16.5. The Hall–Kier alpha value is -3.44. The molecule has 158 valence electrons. The van der Waals surface area contributed by atoms with E-state index < -0.39 is 11.9 Å². The number of ether oxygens (including phenoxy) is 1. The lowest BCUT2D eigenvalue weighted by Crippen LogP contribution is -2.39. The average Bonchev–Trinajstić information content (AvgIpc) is 3.56. The van der Waals surface area contributed by atoms with Gasteiger partial charge >= 0.3 is 11.9 Å². The monoisotopic (exact) mass is 416 g/mol. The van der Waals surface area contributed by atoms with Crippen molar-refractivity contribution in [2.75, 3.05) is 19.6 Å². The van der Waals surface area contributed by atoms with Gasteiger partial charge < -0.3 is 9.84 Å². The van der Waals surface area contributed by atoms with Crippen LogP contribution in [0.3, 0.4) is 0 Å². The van der Waals surface area contributed by atoms with E-state index in [1.165, 1.54) is 6.92 Å². The van der Waals surface area contributed by atoms with Crippen molar-refractivity contribution in [3.05, 3.63) is 96.1 Å². The van der Waals surface area contributed by atoms with Crippen molar-refractivity contribution in [3.63, 3.8) is 0 Å². The maximum absolute atomic E-state index is 12.5. The average molecular weight is 416 g/mol. The smallest absolute Gasteiger partial charge is 0.313 e. The SMILES string of the molecule is CC(=O)Oc1ccc([N+]2(CC(C(=O)O)C(c3ccccc3)c3ccccc3)CC2)cc1. The van der Waals surface area contributed by atoms with Crippen LogP contribution in [0.4, 0.5) is 5.69 Å². The van der Waals surface area contributed by atoms with E-state index in [0.717, 1.165) is 29.9 Å². The Bertz CT molecular complexity index is 1000. The highest BCUT2D eigenvalue weighted by Crippen LogP contribution is 2.40. The number of benzene rings is 3. The highest BCUT2D eigenvalue weighted by molar-refractivity contribution is 5.74. The first-order valence-electron chi connectivity index (χ1n) is 10.5. The fourth-order valence-electron chi connectivity index (χ4n) is 4.34. The molecule has 1 aliphatic rings. The van der Waals surface area contributed by atoms with Crippen LogP contribution in [-0.4, -0.2) is 36.7 Å². The van der Waals surface area contributed by atoms with Gasteiger partial charge in [-0.25, -0.2) is 0 Å². The summed E-state index contributed by atoms with van der Waals surface area (Å²) in [6.07, 6.45) is 0. The van der Waals surface area contributed by atoms with Gasteiger partial charge in [0.1, 0.15) is 30.4 Å². The summed E-state index contributed by atoms with van der Waals surface area (Å²) in [5, 5.41) is 10.3. The van der Waals surface area contributed by atoms with E-state index in [1.54, 1.807) is 12.1 Å². The highest BCUT2D eigenvalue weighted by Gasteiger charge is 2.49. The molecular weight excluding hydrogens is 390 g/mol. The summed E-state index contributed by atoms with van der Waals surface area (Å²) in [5.74, 6) is -1.48. The second kappa shape index (κ2) is 8.74. The molecule has 0 spiro atoms. The lowest BCUT2D eigenvalue weighted by Gasteiger charge is -2.29. The van der Waals surface area contributed by atoms with Gasteiger partial charge in [-0.3, -0.25) is 14.1 Å². The molecular formula is C26H26NO4+. The first kappa shape index (κ1) is 20.8. The minimum atomic E-state index is -0.793. The molecule has 0 aliphatic carbocycles.